The summed E-state index contributed by atoms with van der Waals surface area (Å²) >= 11 is 1.76. The predicted molar refractivity (Wildman–Crippen MR) is 119 cm³/mol. The molecule has 3 aromatic rings. The zero-order valence-electron chi connectivity index (χ0n) is 16.6. The van der Waals surface area contributed by atoms with E-state index < -0.39 is 23.1 Å². The zero-order valence-corrected chi connectivity index (χ0v) is 17.4. The molecule has 1 N–H and O–H groups in total. The molecule has 0 fully saturated rings. The van der Waals surface area contributed by atoms with Crippen LogP contribution in [0, 0.1) is 18.6 Å². The molecule has 30 heavy (non-hydrogen) atoms. The molecule has 0 aromatic heterocycles. The number of aryl methyl sites for hydroxylation is 1. The maximum atomic E-state index is 13.8. The van der Waals surface area contributed by atoms with Crippen LogP contribution < -0.4 is 5.32 Å². The van der Waals surface area contributed by atoms with E-state index in [0.717, 1.165) is 45.2 Å². The number of hydrogen-bond acceptors (Lipinski definition) is 3. The van der Waals surface area contributed by atoms with E-state index >= 15 is 0 Å². The van der Waals surface area contributed by atoms with Crippen molar-refractivity contribution in [3.05, 3.63) is 89.0 Å². The molecule has 3 nitrogen and oxygen atoms in total. The maximum Gasteiger partial charge on any atom is 0.261 e. The molecule has 0 radical (unpaired) electrons. The number of halogens is 2. The van der Waals surface area contributed by atoms with Gasteiger partial charge in [-0.15, -0.1) is 11.8 Å². The first kappa shape index (κ1) is 20.3. The van der Waals surface area contributed by atoms with Crippen molar-refractivity contribution in [2.75, 3.05) is 11.1 Å². The van der Waals surface area contributed by atoms with Gasteiger partial charge in [0.15, 0.2) is 0 Å². The van der Waals surface area contributed by atoms with Crippen LogP contribution in [0.1, 0.15) is 28.4 Å². The van der Waals surface area contributed by atoms with E-state index in [4.69, 9.17) is 0 Å². The van der Waals surface area contributed by atoms with Crippen LogP contribution in [-0.4, -0.2) is 22.7 Å². The number of nitrogens with zero attached hydrogens (tertiary/aromatic N) is 1. The molecule has 6 heteroatoms. The molecule has 152 valence electrons. The van der Waals surface area contributed by atoms with Gasteiger partial charge in [-0.2, -0.15) is 0 Å². The topological polar surface area (TPSA) is 41.5 Å². The van der Waals surface area contributed by atoms with Gasteiger partial charge in [-0.05, 0) is 60.9 Å². The van der Waals surface area contributed by atoms with Crippen LogP contribution >= 0.6 is 11.8 Å². The molecule has 3 aromatic carbocycles. The van der Waals surface area contributed by atoms with Crippen LogP contribution in [0.4, 0.5) is 14.5 Å². The minimum atomic E-state index is -0.890. The van der Waals surface area contributed by atoms with Gasteiger partial charge in [0, 0.05) is 17.0 Å². The molecule has 1 aliphatic heterocycles. The highest BCUT2D eigenvalue weighted by atomic mass is 32.2. The van der Waals surface area contributed by atoms with Gasteiger partial charge in [0.1, 0.15) is 17.2 Å². The van der Waals surface area contributed by atoms with Crippen molar-refractivity contribution in [1.82, 2.24) is 0 Å². The molecule has 1 amide bonds. The summed E-state index contributed by atoms with van der Waals surface area (Å²) in [6.45, 7) is 4.15. The van der Waals surface area contributed by atoms with Crippen molar-refractivity contribution in [3.63, 3.8) is 0 Å². The fraction of sp³-hybridized carbons (Fsp3) is 0.167. The third-order valence-electron chi connectivity index (χ3n) is 4.93. The Morgan fingerprint density at radius 1 is 1.03 bits per heavy atom. The van der Waals surface area contributed by atoms with Crippen LogP contribution in [0.3, 0.4) is 0 Å². The summed E-state index contributed by atoms with van der Waals surface area (Å²) in [7, 11) is 0. The number of aliphatic imine (C=N–C) groups is 1. The highest BCUT2D eigenvalue weighted by Crippen LogP contribution is 2.30. The molecular formula is C24H20F2N2OS. The van der Waals surface area contributed by atoms with Crippen LogP contribution in [0.15, 0.2) is 65.7 Å². The van der Waals surface area contributed by atoms with Crippen LogP contribution in [0.5, 0.6) is 0 Å². The average Bonchev–Trinajstić information content (AvgIpc) is 3.15. The summed E-state index contributed by atoms with van der Waals surface area (Å²) < 4.78 is 27.6. The number of benzene rings is 3. The molecule has 0 saturated carbocycles. The van der Waals surface area contributed by atoms with Gasteiger partial charge in [-0.25, -0.2) is 8.78 Å². The van der Waals surface area contributed by atoms with Gasteiger partial charge >= 0.3 is 0 Å². The van der Waals surface area contributed by atoms with E-state index in [2.05, 4.69) is 35.4 Å². The second-order valence-electron chi connectivity index (χ2n) is 7.25. The minimum Gasteiger partial charge on any atom is -0.322 e. The maximum absolute atomic E-state index is 13.8. The summed E-state index contributed by atoms with van der Waals surface area (Å²) in [5.74, 6) is -1.60. The Morgan fingerprint density at radius 2 is 1.70 bits per heavy atom. The van der Waals surface area contributed by atoms with Gasteiger partial charge in [0.2, 0.25) is 0 Å². The number of nitrogens with one attached hydrogen (secondary N) is 1. The fourth-order valence-electron chi connectivity index (χ4n) is 3.34. The molecule has 1 unspecified atom stereocenters. The predicted octanol–water partition coefficient (Wildman–Crippen LogP) is 6.07. The average molecular weight is 423 g/mol. The number of hydrogen-bond donors (Lipinski definition) is 1. The van der Waals surface area contributed by atoms with Crippen molar-refractivity contribution >= 4 is 28.4 Å². The van der Waals surface area contributed by atoms with Crippen LogP contribution in [0.2, 0.25) is 0 Å². The highest BCUT2D eigenvalue weighted by molar-refractivity contribution is 8.14. The van der Waals surface area contributed by atoms with Gasteiger partial charge < -0.3 is 5.32 Å². The van der Waals surface area contributed by atoms with E-state index in [1.54, 1.807) is 23.9 Å². The quantitative estimate of drug-likeness (QED) is 0.554. The molecule has 0 bridgehead atoms. The number of carbonyl (C=O) groups is 1. The first-order chi connectivity index (χ1) is 14.4. The third-order valence-corrected chi connectivity index (χ3v) is 6.19. The number of thioether (sulfide) groups is 1. The molecule has 1 atom stereocenters. The van der Waals surface area contributed by atoms with Crippen LogP contribution in [-0.2, 0) is 0 Å². The number of carbonyl (C=O) groups excluding carboxylic acids is 1. The first-order valence-electron chi connectivity index (χ1n) is 9.60. The Bertz CT molecular complexity index is 1120. The minimum absolute atomic E-state index is 0.330. The Kier molecular flexibility index (Phi) is 5.68. The van der Waals surface area contributed by atoms with E-state index in [1.165, 1.54) is 6.07 Å². The van der Waals surface area contributed by atoms with Gasteiger partial charge in [0.25, 0.3) is 5.91 Å². The summed E-state index contributed by atoms with van der Waals surface area (Å²) in [6.07, 6.45) is 0. The first-order valence-corrected chi connectivity index (χ1v) is 10.6. The molecule has 4 rings (SSSR count). The van der Waals surface area contributed by atoms with Gasteiger partial charge in [-0.1, -0.05) is 30.3 Å². The molecule has 0 spiro atoms. The van der Waals surface area contributed by atoms with Gasteiger partial charge in [0.05, 0.1) is 11.1 Å². The second-order valence-corrected chi connectivity index (χ2v) is 8.26. The summed E-state index contributed by atoms with van der Waals surface area (Å²) in [6, 6.07) is 17.2. The summed E-state index contributed by atoms with van der Waals surface area (Å²) in [5, 5.41) is 3.61. The summed E-state index contributed by atoms with van der Waals surface area (Å²) in [4.78, 5) is 17.0. The Morgan fingerprint density at radius 3 is 2.33 bits per heavy atom. The van der Waals surface area contributed by atoms with E-state index in [0.29, 0.717) is 11.7 Å². The normalized spacial score (nSPS) is 15.7. The Hall–Kier alpha value is -2.99. The van der Waals surface area contributed by atoms with Crippen molar-refractivity contribution < 1.29 is 13.6 Å². The third kappa shape index (κ3) is 4.14. The lowest BCUT2D eigenvalue weighted by Gasteiger charge is -2.11. The lowest BCUT2D eigenvalue weighted by Crippen LogP contribution is -2.15. The zero-order chi connectivity index (χ0) is 21.3. The molecule has 0 saturated heterocycles. The van der Waals surface area contributed by atoms with Crippen molar-refractivity contribution in [3.8, 4) is 11.1 Å². The van der Waals surface area contributed by atoms with Crippen molar-refractivity contribution in [2.45, 2.75) is 19.9 Å². The molecule has 1 aliphatic rings. The Labute approximate surface area is 178 Å². The highest BCUT2D eigenvalue weighted by Gasteiger charge is 2.18. The number of anilines is 1. The fourth-order valence-corrected chi connectivity index (χ4v) is 4.36. The number of amides is 1. The smallest absolute Gasteiger partial charge is 0.261 e. The van der Waals surface area contributed by atoms with Crippen LogP contribution in [0.25, 0.3) is 11.1 Å². The SMILES string of the molecule is Cc1ccc(C2=NC(C)CS2)cc1-c1ccc(NC(=O)c2c(F)cccc2F)cc1. The van der Waals surface area contributed by atoms with E-state index in [9.17, 15) is 13.6 Å². The molecule has 0 aliphatic carbocycles. The number of rotatable bonds is 4. The monoisotopic (exact) mass is 422 g/mol. The van der Waals surface area contributed by atoms with E-state index in [1.807, 2.05) is 19.1 Å². The molecule has 1 heterocycles. The molecular weight excluding hydrogens is 402 g/mol. The second kappa shape index (κ2) is 8.40. The largest absolute Gasteiger partial charge is 0.322 e. The standard InChI is InChI=1S/C24H20F2N2OS/c1-14-6-7-17(24-27-15(2)13-30-24)12-19(14)16-8-10-18(11-9-16)28-23(29)22-20(25)4-3-5-21(22)26/h3-12,15H,13H2,1-2H3,(H,28,29). The lowest BCUT2D eigenvalue weighted by atomic mass is 9.98. The lowest BCUT2D eigenvalue weighted by molar-refractivity contribution is 0.101. The van der Waals surface area contributed by atoms with Gasteiger partial charge in [-0.3, -0.25) is 9.79 Å². The van der Waals surface area contributed by atoms with Crippen molar-refractivity contribution in [2.24, 2.45) is 4.99 Å². The Balaban J connectivity index is 1.57. The van der Waals surface area contributed by atoms with E-state index in [-0.39, 0.29) is 0 Å². The summed E-state index contributed by atoms with van der Waals surface area (Å²) in [5.41, 5.74) is 4.16. The van der Waals surface area contributed by atoms with Crippen molar-refractivity contribution in [1.29, 1.82) is 0 Å².